The number of methoxy groups -OCH3 is 1. The third-order valence-corrected chi connectivity index (χ3v) is 8.70. The number of carbonyl (C=O) groups is 2. The number of sulfonamides is 1. The lowest BCUT2D eigenvalue weighted by atomic mass is 9.99. The van der Waals surface area contributed by atoms with E-state index in [9.17, 15) is 32.5 Å². The minimum absolute atomic E-state index is 0.0732. The van der Waals surface area contributed by atoms with Gasteiger partial charge in [0.05, 0.1) is 33.1 Å². The monoisotopic (exact) mass is 536 g/mol. The number of nitrogens with zero attached hydrogens (tertiary/aromatic N) is 4. The van der Waals surface area contributed by atoms with Crippen LogP contribution in [0.15, 0.2) is 52.4 Å². The number of rotatable bonds is 6. The molecule has 190 valence electrons. The van der Waals surface area contributed by atoms with Crippen LogP contribution in [0, 0.1) is 21.8 Å². The van der Waals surface area contributed by atoms with E-state index in [4.69, 9.17) is 4.74 Å². The van der Waals surface area contributed by atoms with Gasteiger partial charge in [0.1, 0.15) is 12.4 Å². The molecule has 1 amide bonds. The number of thiazole rings is 1. The molecule has 14 heteroatoms. The zero-order chi connectivity index (χ0) is 26.0. The molecule has 0 spiro atoms. The highest BCUT2D eigenvalue weighted by Crippen LogP contribution is 2.26. The summed E-state index contributed by atoms with van der Waals surface area (Å²) < 4.78 is 47.0. The molecule has 1 saturated heterocycles. The molecule has 1 aliphatic rings. The fourth-order valence-corrected chi connectivity index (χ4v) is 6.50. The van der Waals surface area contributed by atoms with E-state index in [1.165, 1.54) is 46.3 Å². The molecule has 1 unspecified atom stereocenters. The average molecular weight is 537 g/mol. The fraction of sp³-hybridized carbons (Fsp3) is 0.318. The van der Waals surface area contributed by atoms with E-state index in [0.717, 1.165) is 23.5 Å². The van der Waals surface area contributed by atoms with Crippen molar-refractivity contribution in [3.63, 3.8) is 0 Å². The van der Waals surface area contributed by atoms with Crippen LogP contribution in [0.5, 0.6) is 0 Å². The molecule has 4 rings (SSSR count). The van der Waals surface area contributed by atoms with Crippen molar-refractivity contribution >= 4 is 49.1 Å². The summed E-state index contributed by atoms with van der Waals surface area (Å²) in [6.07, 6.45) is 0.832. The predicted octanol–water partition coefficient (Wildman–Crippen LogP) is 2.45. The first-order valence-corrected chi connectivity index (χ1v) is 13.0. The summed E-state index contributed by atoms with van der Waals surface area (Å²) in [5.41, 5.74) is 0.312. The number of aromatic nitrogens is 1. The minimum Gasteiger partial charge on any atom is -0.468 e. The number of hydrogen-bond acceptors (Lipinski definition) is 8. The summed E-state index contributed by atoms with van der Waals surface area (Å²) in [6.45, 7) is -0.163. The number of carbonyl (C=O) groups excluding carboxylic acids is 2. The highest BCUT2D eigenvalue weighted by Gasteiger charge is 2.33. The molecule has 2 aromatic carbocycles. The number of ether oxygens (including phenoxy) is 1. The Bertz CT molecular complexity index is 1510. The summed E-state index contributed by atoms with van der Waals surface area (Å²) in [7, 11) is -2.72. The lowest BCUT2D eigenvalue weighted by Gasteiger charge is -2.30. The van der Waals surface area contributed by atoms with E-state index in [2.05, 4.69) is 4.99 Å². The lowest BCUT2D eigenvalue weighted by Crippen LogP contribution is -2.42. The van der Waals surface area contributed by atoms with Gasteiger partial charge in [-0.3, -0.25) is 19.7 Å². The number of esters is 1. The third-order valence-electron chi connectivity index (χ3n) is 5.78. The van der Waals surface area contributed by atoms with Crippen molar-refractivity contribution in [2.75, 3.05) is 20.2 Å². The Hall–Kier alpha value is -3.49. The van der Waals surface area contributed by atoms with Gasteiger partial charge in [0.2, 0.25) is 10.0 Å². The van der Waals surface area contributed by atoms with Crippen LogP contribution in [0.1, 0.15) is 12.8 Å². The van der Waals surface area contributed by atoms with Crippen molar-refractivity contribution in [2.45, 2.75) is 24.3 Å². The first-order valence-electron chi connectivity index (χ1n) is 10.8. The molecule has 2 heterocycles. The number of nitro groups is 1. The number of piperidine rings is 1. The summed E-state index contributed by atoms with van der Waals surface area (Å²) in [6, 6.07) is 8.54. The summed E-state index contributed by atoms with van der Waals surface area (Å²) in [4.78, 5) is 39.9. The van der Waals surface area contributed by atoms with Gasteiger partial charge < -0.3 is 9.30 Å². The molecule has 0 bridgehead atoms. The van der Waals surface area contributed by atoms with Gasteiger partial charge in [0.25, 0.3) is 11.6 Å². The lowest BCUT2D eigenvalue weighted by molar-refractivity contribution is -0.384. The Labute approximate surface area is 208 Å². The van der Waals surface area contributed by atoms with Crippen molar-refractivity contribution in [1.29, 1.82) is 0 Å². The second-order valence-electron chi connectivity index (χ2n) is 8.06. The van der Waals surface area contributed by atoms with E-state index in [1.54, 1.807) is 0 Å². The Kier molecular flexibility index (Phi) is 7.28. The number of amides is 1. The smallest absolute Gasteiger partial charge is 0.325 e. The zero-order valence-electron chi connectivity index (χ0n) is 19.0. The molecule has 1 atom stereocenters. The number of non-ortho nitro benzene ring substituents is 1. The summed E-state index contributed by atoms with van der Waals surface area (Å²) in [5, 5.41) is 11.2. The molecule has 0 N–H and O–H groups in total. The average Bonchev–Trinajstić information content (AvgIpc) is 3.20. The molecular formula is C22H21FN4O7S2. The van der Waals surface area contributed by atoms with Crippen molar-refractivity contribution in [3.05, 3.63) is 63.2 Å². The molecule has 1 aromatic heterocycles. The number of nitro benzene ring substituents is 1. The van der Waals surface area contributed by atoms with E-state index in [-0.39, 0.29) is 35.0 Å². The third kappa shape index (κ3) is 5.20. The number of hydrogen-bond donors (Lipinski definition) is 0. The van der Waals surface area contributed by atoms with Crippen LogP contribution in [0.25, 0.3) is 10.2 Å². The van der Waals surface area contributed by atoms with E-state index in [0.29, 0.717) is 23.1 Å². The van der Waals surface area contributed by atoms with E-state index < -0.39 is 38.6 Å². The van der Waals surface area contributed by atoms with Crippen molar-refractivity contribution in [3.8, 4) is 0 Å². The Morgan fingerprint density at radius 2 is 1.97 bits per heavy atom. The van der Waals surface area contributed by atoms with Gasteiger partial charge in [-0.15, -0.1) is 0 Å². The molecule has 3 aromatic rings. The molecular weight excluding hydrogens is 515 g/mol. The van der Waals surface area contributed by atoms with Crippen LogP contribution in [-0.4, -0.2) is 54.3 Å². The Balaban J connectivity index is 1.66. The van der Waals surface area contributed by atoms with Crippen molar-refractivity contribution in [2.24, 2.45) is 10.9 Å². The van der Waals surface area contributed by atoms with Crippen LogP contribution in [0.3, 0.4) is 0 Å². The first kappa shape index (κ1) is 25.6. The van der Waals surface area contributed by atoms with Crippen LogP contribution < -0.4 is 4.80 Å². The van der Waals surface area contributed by atoms with Crippen LogP contribution >= 0.6 is 11.3 Å². The predicted molar refractivity (Wildman–Crippen MR) is 127 cm³/mol. The topological polar surface area (TPSA) is 141 Å². The normalized spacial score (nSPS) is 17.3. The Morgan fingerprint density at radius 1 is 1.25 bits per heavy atom. The van der Waals surface area contributed by atoms with Gasteiger partial charge in [-0.05, 0) is 43.2 Å². The number of benzene rings is 2. The quantitative estimate of drug-likeness (QED) is 0.268. The largest absolute Gasteiger partial charge is 0.468 e. The van der Waals surface area contributed by atoms with Crippen LogP contribution in [-0.2, 0) is 30.9 Å². The highest BCUT2D eigenvalue weighted by molar-refractivity contribution is 7.89. The van der Waals surface area contributed by atoms with Gasteiger partial charge in [-0.2, -0.15) is 9.30 Å². The number of fused-ring (bicyclic) bond motifs is 1. The fourth-order valence-electron chi connectivity index (χ4n) is 3.91. The first-order chi connectivity index (χ1) is 17.1. The highest BCUT2D eigenvalue weighted by atomic mass is 32.2. The molecule has 0 aliphatic carbocycles. The van der Waals surface area contributed by atoms with E-state index in [1.807, 2.05) is 0 Å². The van der Waals surface area contributed by atoms with Crippen LogP contribution in [0.2, 0.25) is 0 Å². The van der Waals surface area contributed by atoms with Gasteiger partial charge in [-0.1, -0.05) is 11.3 Å². The minimum atomic E-state index is -3.93. The van der Waals surface area contributed by atoms with Crippen LogP contribution in [0.4, 0.5) is 10.1 Å². The molecule has 1 aliphatic heterocycles. The van der Waals surface area contributed by atoms with Crippen molar-refractivity contribution in [1.82, 2.24) is 8.87 Å². The van der Waals surface area contributed by atoms with Gasteiger partial charge >= 0.3 is 5.97 Å². The number of halogens is 1. The maximum atomic E-state index is 13.2. The van der Waals surface area contributed by atoms with E-state index >= 15 is 0 Å². The zero-order valence-corrected chi connectivity index (χ0v) is 20.6. The second-order valence-corrected chi connectivity index (χ2v) is 11.0. The second kappa shape index (κ2) is 10.2. The summed E-state index contributed by atoms with van der Waals surface area (Å²) >= 11 is 1.00. The molecule has 36 heavy (non-hydrogen) atoms. The SMILES string of the molecule is COC(=O)Cn1c(=NC(=O)C2CCCN(S(=O)(=O)c3ccc(F)cc3)C2)sc2cc([N+](=O)[O-])ccc21. The molecule has 0 saturated carbocycles. The van der Waals surface area contributed by atoms with Gasteiger partial charge in [-0.25, -0.2) is 12.8 Å². The summed E-state index contributed by atoms with van der Waals surface area (Å²) in [5.74, 6) is -2.47. The van der Waals surface area contributed by atoms with Crippen molar-refractivity contribution < 1.29 is 32.1 Å². The van der Waals surface area contributed by atoms with Gasteiger partial charge in [0.15, 0.2) is 4.80 Å². The molecule has 0 radical (unpaired) electrons. The maximum Gasteiger partial charge on any atom is 0.325 e. The molecule has 11 nitrogen and oxygen atoms in total. The molecule has 1 fully saturated rings. The maximum absolute atomic E-state index is 13.2. The van der Waals surface area contributed by atoms with Gasteiger partial charge in [0, 0.05) is 25.2 Å². The standard InChI is InChI=1S/C22H21FN4O7S2/c1-34-20(28)13-26-18-9-6-16(27(30)31)11-19(18)35-22(26)24-21(29)14-3-2-10-25(12-14)36(32,33)17-7-4-15(23)5-8-17/h4-9,11,14H,2-3,10,12-13H2,1H3. The Morgan fingerprint density at radius 3 is 2.64 bits per heavy atom.